The maximum Gasteiger partial charge on any atom is 0.286 e. The van der Waals surface area contributed by atoms with E-state index in [1.54, 1.807) is 40.0 Å². The highest BCUT2D eigenvalue weighted by Crippen LogP contribution is 2.33. The number of amides is 2. The molecule has 0 radical (unpaired) electrons. The molecule has 3 N–H and O–H groups in total. The van der Waals surface area contributed by atoms with E-state index in [0.717, 1.165) is 12.0 Å². The first-order valence-corrected chi connectivity index (χ1v) is 11.5. The topological polar surface area (TPSA) is 93.2 Å². The molecule has 1 fully saturated rings. The minimum absolute atomic E-state index is 0.124. The number of aromatic nitrogens is 2. The van der Waals surface area contributed by atoms with E-state index < -0.39 is 0 Å². The van der Waals surface area contributed by atoms with Gasteiger partial charge in [-0.15, -0.1) is 0 Å². The Balaban J connectivity index is 1.70. The van der Waals surface area contributed by atoms with Crippen molar-refractivity contribution in [2.75, 3.05) is 13.1 Å². The quantitative estimate of drug-likeness (QED) is 0.509. The Kier molecular flexibility index (Phi) is 6.95. The average molecular weight is 507 g/mol. The van der Waals surface area contributed by atoms with Gasteiger partial charge in [-0.1, -0.05) is 46.9 Å². The fourth-order valence-corrected chi connectivity index (χ4v) is 4.68. The van der Waals surface area contributed by atoms with Gasteiger partial charge >= 0.3 is 0 Å². The summed E-state index contributed by atoms with van der Waals surface area (Å²) in [6, 6.07) is 12.4. The van der Waals surface area contributed by atoms with Crippen molar-refractivity contribution in [3.8, 4) is 16.9 Å². The predicted molar refractivity (Wildman–Crippen MR) is 130 cm³/mol. The highest BCUT2D eigenvalue weighted by molar-refractivity contribution is 6.35. The number of rotatable bonds is 6. The SMILES string of the molecule is Cc1c(C(=O)NN2CCC(CC(N)=O)C2)nn(-c2ccc(Cl)cc2Cl)c1-c1ccc(Cl)cc1. The van der Waals surface area contributed by atoms with Gasteiger partial charge in [0.1, 0.15) is 0 Å². The molecular weight excluding hydrogens is 485 g/mol. The van der Waals surface area contributed by atoms with Crippen molar-refractivity contribution in [3.63, 3.8) is 0 Å². The molecule has 1 aliphatic rings. The zero-order valence-electron chi connectivity index (χ0n) is 17.8. The number of benzene rings is 2. The Labute approximate surface area is 206 Å². The van der Waals surface area contributed by atoms with Crippen molar-refractivity contribution in [3.05, 3.63) is 68.8 Å². The minimum atomic E-state index is -0.341. The summed E-state index contributed by atoms with van der Waals surface area (Å²) in [4.78, 5) is 24.4. The summed E-state index contributed by atoms with van der Waals surface area (Å²) in [5.74, 6) is -0.555. The molecule has 4 rings (SSSR count). The van der Waals surface area contributed by atoms with Gasteiger partial charge in [-0.25, -0.2) is 9.69 Å². The van der Waals surface area contributed by atoms with Crippen molar-refractivity contribution >= 4 is 46.6 Å². The lowest BCUT2D eigenvalue weighted by atomic mass is 10.1. The second-order valence-corrected chi connectivity index (χ2v) is 9.33. The van der Waals surface area contributed by atoms with E-state index in [9.17, 15) is 9.59 Å². The summed E-state index contributed by atoms with van der Waals surface area (Å²) in [5, 5.41) is 7.92. The van der Waals surface area contributed by atoms with Crippen molar-refractivity contribution in [1.82, 2.24) is 20.2 Å². The van der Waals surface area contributed by atoms with Crippen LogP contribution in [0.2, 0.25) is 15.1 Å². The number of primary amides is 1. The minimum Gasteiger partial charge on any atom is -0.370 e. The zero-order chi connectivity index (χ0) is 23.7. The number of nitrogens with zero attached hydrogens (tertiary/aromatic N) is 3. The van der Waals surface area contributed by atoms with Gasteiger partial charge in [-0.3, -0.25) is 15.0 Å². The summed E-state index contributed by atoms with van der Waals surface area (Å²) < 4.78 is 1.64. The van der Waals surface area contributed by atoms with Gasteiger partial charge in [0.15, 0.2) is 5.69 Å². The average Bonchev–Trinajstić information content (AvgIpc) is 3.32. The highest BCUT2D eigenvalue weighted by Gasteiger charge is 2.28. The molecule has 1 saturated heterocycles. The van der Waals surface area contributed by atoms with Gasteiger partial charge in [-0.05, 0) is 49.6 Å². The zero-order valence-corrected chi connectivity index (χ0v) is 20.1. The van der Waals surface area contributed by atoms with Gasteiger partial charge in [0.05, 0.1) is 16.4 Å². The first kappa shape index (κ1) is 23.6. The van der Waals surface area contributed by atoms with Crippen LogP contribution in [0.4, 0.5) is 0 Å². The number of nitrogens with two attached hydrogens (primary N) is 1. The largest absolute Gasteiger partial charge is 0.370 e. The summed E-state index contributed by atoms with van der Waals surface area (Å²) >= 11 is 18.6. The molecule has 7 nitrogen and oxygen atoms in total. The van der Waals surface area contributed by atoms with E-state index in [0.29, 0.717) is 51.5 Å². The summed E-state index contributed by atoms with van der Waals surface area (Å²) in [5.41, 5.74) is 11.3. The van der Waals surface area contributed by atoms with Gasteiger partial charge < -0.3 is 5.73 Å². The Morgan fingerprint density at radius 1 is 1.12 bits per heavy atom. The number of carbonyl (C=O) groups is 2. The smallest absolute Gasteiger partial charge is 0.286 e. The van der Waals surface area contributed by atoms with E-state index in [2.05, 4.69) is 10.5 Å². The van der Waals surface area contributed by atoms with Crippen LogP contribution in [0.15, 0.2) is 42.5 Å². The van der Waals surface area contributed by atoms with Gasteiger partial charge in [-0.2, -0.15) is 5.10 Å². The molecule has 1 atom stereocenters. The Bertz CT molecular complexity index is 1210. The third kappa shape index (κ3) is 5.17. The fourth-order valence-electron chi connectivity index (χ4n) is 4.07. The normalized spacial score (nSPS) is 16.2. The number of hydrogen-bond donors (Lipinski definition) is 2. The lowest BCUT2D eigenvalue weighted by Gasteiger charge is -2.16. The molecule has 0 spiro atoms. The monoisotopic (exact) mass is 505 g/mol. The van der Waals surface area contributed by atoms with E-state index in [1.165, 1.54) is 0 Å². The Hall–Kier alpha value is -2.58. The first-order chi connectivity index (χ1) is 15.7. The van der Waals surface area contributed by atoms with E-state index in [-0.39, 0.29) is 23.4 Å². The van der Waals surface area contributed by atoms with Crippen LogP contribution in [0.3, 0.4) is 0 Å². The Morgan fingerprint density at radius 3 is 2.48 bits per heavy atom. The molecule has 172 valence electrons. The van der Waals surface area contributed by atoms with Crippen LogP contribution in [0, 0.1) is 12.8 Å². The third-order valence-electron chi connectivity index (χ3n) is 5.63. The molecule has 0 bridgehead atoms. The molecule has 2 heterocycles. The second-order valence-electron chi connectivity index (χ2n) is 8.05. The van der Waals surface area contributed by atoms with Crippen molar-refractivity contribution in [1.29, 1.82) is 0 Å². The molecule has 0 aliphatic carbocycles. The fraction of sp³-hybridized carbons (Fsp3) is 0.261. The molecule has 10 heteroatoms. The van der Waals surface area contributed by atoms with Gasteiger partial charge in [0.2, 0.25) is 5.91 Å². The standard InChI is InChI=1S/C23H22Cl3N5O2/c1-13-21(23(33)29-30-9-8-14(12-30)10-20(27)32)28-31(19-7-6-17(25)11-18(19)26)22(13)15-2-4-16(24)5-3-15/h2-7,11,14H,8-10,12H2,1H3,(H2,27,32)(H,29,33). The molecule has 2 amide bonds. The molecule has 3 aromatic rings. The van der Waals surface area contributed by atoms with E-state index in [1.807, 2.05) is 19.1 Å². The van der Waals surface area contributed by atoms with Crippen molar-refractivity contribution < 1.29 is 9.59 Å². The molecule has 1 aromatic heterocycles. The van der Waals surface area contributed by atoms with Crippen molar-refractivity contribution in [2.24, 2.45) is 11.7 Å². The number of carbonyl (C=O) groups excluding carboxylic acids is 2. The molecule has 33 heavy (non-hydrogen) atoms. The van der Waals surface area contributed by atoms with E-state index in [4.69, 9.17) is 40.5 Å². The molecule has 0 saturated carbocycles. The lowest BCUT2D eigenvalue weighted by Crippen LogP contribution is -2.41. The maximum atomic E-state index is 13.2. The van der Waals surface area contributed by atoms with E-state index >= 15 is 0 Å². The van der Waals surface area contributed by atoms with Crippen LogP contribution < -0.4 is 11.2 Å². The van der Waals surface area contributed by atoms with Crippen LogP contribution in [-0.2, 0) is 4.79 Å². The van der Waals surface area contributed by atoms with Crippen LogP contribution >= 0.6 is 34.8 Å². The maximum absolute atomic E-state index is 13.2. The first-order valence-electron chi connectivity index (χ1n) is 10.4. The van der Waals surface area contributed by atoms with Gasteiger partial charge in [0, 0.05) is 40.7 Å². The van der Waals surface area contributed by atoms with Crippen LogP contribution in [-0.4, -0.2) is 39.7 Å². The highest BCUT2D eigenvalue weighted by atomic mass is 35.5. The Morgan fingerprint density at radius 2 is 1.82 bits per heavy atom. The molecular formula is C23H22Cl3N5O2. The molecule has 1 unspecified atom stereocenters. The van der Waals surface area contributed by atoms with Crippen molar-refractivity contribution in [2.45, 2.75) is 19.8 Å². The summed E-state index contributed by atoms with van der Waals surface area (Å²) in [7, 11) is 0. The summed E-state index contributed by atoms with van der Waals surface area (Å²) in [6.07, 6.45) is 1.09. The number of hydrazine groups is 1. The third-order valence-corrected chi connectivity index (χ3v) is 6.42. The summed E-state index contributed by atoms with van der Waals surface area (Å²) in [6.45, 7) is 3.03. The van der Waals surface area contributed by atoms with Crippen LogP contribution in [0.5, 0.6) is 0 Å². The molecule has 1 aliphatic heterocycles. The predicted octanol–water partition coefficient (Wildman–Crippen LogP) is 4.65. The van der Waals surface area contributed by atoms with Crippen LogP contribution in [0.25, 0.3) is 16.9 Å². The molecule has 2 aromatic carbocycles. The number of halogens is 3. The van der Waals surface area contributed by atoms with Crippen LogP contribution in [0.1, 0.15) is 28.9 Å². The number of hydrogen-bond acceptors (Lipinski definition) is 4. The lowest BCUT2D eigenvalue weighted by molar-refractivity contribution is -0.118. The van der Waals surface area contributed by atoms with Gasteiger partial charge in [0.25, 0.3) is 5.91 Å². The number of nitrogens with one attached hydrogen (secondary N) is 1. The second kappa shape index (κ2) is 9.73.